The predicted molar refractivity (Wildman–Crippen MR) is 276 cm³/mol. The Balaban J connectivity index is 1.10. The Labute approximate surface area is 381 Å². The smallest absolute Gasteiger partial charge is 0.0794 e. The van der Waals surface area contributed by atoms with Gasteiger partial charge in [0.15, 0.2) is 0 Å². The van der Waals surface area contributed by atoms with Gasteiger partial charge in [0.1, 0.15) is 0 Å². The lowest BCUT2D eigenvalue weighted by Gasteiger charge is -2.29. The van der Waals surface area contributed by atoms with Crippen LogP contribution in [0.1, 0.15) is 49.9 Å². The lowest BCUT2D eigenvalue weighted by atomic mass is 9.75. The van der Waals surface area contributed by atoms with E-state index in [4.69, 9.17) is 9.97 Å². The first-order valence-corrected chi connectivity index (χ1v) is 22.8. The van der Waals surface area contributed by atoms with Crippen LogP contribution in [0.3, 0.4) is 0 Å². The summed E-state index contributed by atoms with van der Waals surface area (Å²) in [5.74, 6) is 0. The standard InChI is InChI=1S/C63H48N2/c1-39-17-7-6-8-18-41-29-32-44(36-55(41)62(39,2)3)59-38-52(40-27-30-42(31-28-40)60-49-22-12-15-25-57(49)64-58-26-16-13-23-50(58)60)53-37-51(45-19-9-10-21-48(45)61(53)65-59)43-33-34-47-46-20-11-14-24-54(46)63(4,5)56(47)35-43/h6-17,19-38H,1,18H2,2-5H3/b8-6-,17-7-. The quantitative estimate of drug-likeness (QED) is 0.130. The minimum absolute atomic E-state index is 0.108. The fourth-order valence-electron chi connectivity index (χ4n) is 10.8. The van der Waals surface area contributed by atoms with Crippen molar-refractivity contribution in [2.75, 3.05) is 0 Å². The summed E-state index contributed by atoms with van der Waals surface area (Å²) >= 11 is 0. The molecule has 0 bridgehead atoms. The first kappa shape index (κ1) is 39.0. The molecule has 8 aromatic carbocycles. The van der Waals surface area contributed by atoms with E-state index in [1.165, 1.54) is 55.5 Å². The molecule has 2 heteroatoms. The lowest BCUT2D eigenvalue weighted by molar-refractivity contribution is 0.635. The van der Waals surface area contributed by atoms with Gasteiger partial charge in [-0.25, -0.2) is 9.97 Å². The summed E-state index contributed by atoms with van der Waals surface area (Å²) in [6.07, 6.45) is 9.49. The Hall–Kier alpha value is -7.68. The molecule has 0 atom stereocenters. The number of allylic oxidation sites excluding steroid dienone is 5. The van der Waals surface area contributed by atoms with Crippen LogP contribution in [-0.2, 0) is 17.3 Å². The summed E-state index contributed by atoms with van der Waals surface area (Å²) in [5, 5.41) is 5.77. The number of hydrogen-bond acceptors (Lipinski definition) is 2. The maximum absolute atomic E-state index is 5.65. The van der Waals surface area contributed by atoms with Crippen molar-refractivity contribution in [2.45, 2.75) is 44.9 Å². The monoisotopic (exact) mass is 832 g/mol. The zero-order chi connectivity index (χ0) is 44.0. The van der Waals surface area contributed by atoms with Crippen LogP contribution in [0, 0.1) is 0 Å². The molecule has 65 heavy (non-hydrogen) atoms. The van der Waals surface area contributed by atoms with E-state index in [0.29, 0.717) is 0 Å². The van der Waals surface area contributed by atoms with Crippen molar-refractivity contribution in [2.24, 2.45) is 0 Å². The van der Waals surface area contributed by atoms with Crippen LogP contribution in [0.15, 0.2) is 206 Å². The van der Waals surface area contributed by atoms with Crippen LogP contribution in [0.4, 0.5) is 0 Å². The van der Waals surface area contributed by atoms with Crippen molar-refractivity contribution in [3.05, 3.63) is 229 Å². The van der Waals surface area contributed by atoms with Crippen molar-refractivity contribution in [3.63, 3.8) is 0 Å². The summed E-state index contributed by atoms with van der Waals surface area (Å²) in [6.45, 7) is 13.8. The summed E-state index contributed by atoms with van der Waals surface area (Å²) in [7, 11) is 0. The number of aromatic nitrogens is 2. The second-order valence-electron chi connectivity index (χ2n) is 19.0. The maximum atomic E-state index is 5.65. The lowest BCUT2D eigenvalue weighted by Crippen LogP contribution is -2.20. The zero-order valence-corrected chi connectivity index (χ0v) is 37.3. The van der Waals surface area contributed by atoms with E-state index >= 15 is 0 Å². The highest BCUT2D eigenvalue weighted by atomic mass is 14.7. The number of rotatable bonds is 4. The molecule has 0 radical (unpaired) electrons. The second kappa shape index (κ2) is 14.7. The summed E-state index contributed by atoms with van der Waals surface area (Å²) in [6, 6.07) is 62.7. The van der Waals surface area contributed by atoms with Gasteiger partial charge in [0.05, 0.1) is 22.2 Å². The van der Waals surface area contributed by atoms with Crippen molar-refractivity contribution < 1.29 is 0 Å². The van der Waals surface area contributed by atoms with Gasteiger partial charge in [0.2, 0.25) is 0 Å². The fraction of sp³-hybridized carbons (Fsp3) is 0.111. The van der Waals surface area contributed by atoms with Crippen LogP contribution in [0.25, 0.3) is 99.2 Å². The number of nitrogens with zero attached hydrogens (tertiary/aromatic N) is 2. The molecule has 10 aromatic rings. The normalized spacial score (nSPS) is 15.8. The molecule has 2 aliphatic rings. The minimum Gasteiger partial charge on any atom is -0.248 e. The van der Waals surface area contributed by atoms with Crippen LogP contribution in [0.2, 0.25) is 0 Å². The van der Waals surface area contributed by atoms with Crippen LogP contribution in [0.5, 0.6) is 0 Å². The van der Waals surface area contributed by atoms with Crippen molar-refractivity contribution in [1.82, 2.24) is 9.97 Å². The van der Waals surface area contributed by atoms with Gasteiger partial charge in [0.25, 0.3) is 0 Å². The molecule has 0 saturated carbocycles. The third-order valence-electron chi connectivity index (χ3n) is 14.6. The SMILES string of the molecule is C=C1/C=C\C=C/Cc2ccc(-c3cc(-c4ccc(-c5c6ccccc6nc6ccccc56)cc4)c4cc(-c5ccc6c(c5)C(C)(C)c5ccccc5-6)c5ccccc5c4n3)cc2C1(C)C. The first-order chi connectivity index (χ1) is 31.6. The van der Waals surface area contributed by atoms with Gasteiger partial charge in [-0.05, 0) is 115 Å². The molecule has 0 unspecified atom stereocenters. The molecule has 0 aliphatic heterocycles. The van der Waals surface area contributed by atoms with E-state index in [2.05, 4.69) is 228 Å². The Bertz CT molecular complexity index is 3640. The molecule has 12 rings (SSSR count). The molecule has 2 aromatic heterocycles. The van der Waals surface area contributed by atoms with Gasteiger partial charge in [0, 0.05) is 43.5 Å². The molecule has 0 spiro atoms. The Morgan fingerprint density at radius 1 is 0.431 bits per heavy atom. The first-order valence-electron chi connectivity index (χ1n) is 22.8. The highest BCUT2D eigenvalue weighted by Crippen LogP contribution is 2.51. The minimum atomic E-state index is -0.266. The zero-order valence-electron chi connectivity index (χ0n) is 37.3. The van der Waals surface area contributed by atoms with E-state index in [9.17, 15) is 0 Å². The van der Waals surface area contributed by atoms with E-state index < -0.39 is 0 Å². The molecule has 0 fully saturated rings. The third-order valence-corrected chi connectivity index (χ3v) is 14.6. The number of pyridine rings is 2. The Morgan fingerprint density at radius 2 is 1.03 bits per heavy atom. The van der Waals surface area contributed by atoms with Crippen LogP contribution >= 0.6 is 0 Å². The molecule has 0 N–H and O–H groups in total. The Morgan fingerprint density at radius 3 is 1.80 bits per heavy atom. The van der Waals surface area contributed by atoms with Gasteiger partial charge in [-0.1, -0.05) is 192 Å². The Kier molecular flexibility index (Phi) is 8.80. The summed E-state index contributed by atoms with van der Waals surface area (Å²) < 4.78 is 0. The van der Waals surface area contributed by atoms with E-state index in [1.54, 1.807) is 0 Å². The van der Waals surface area contributed by atoms with Crippen molar-refractivity contribution in [1.29, 1.82) is 0 Å². The van der Waals surface area contributed by atoms with E-state index in [-0.39, 0.29) is 10.8 Å². The molecule has 310 valence electrons. The van der Waals surface area contributed by atoms with Crippen LogP contribution < -0.4 is 0 Å². The van der Waals surface area contributed by atoms with E-state index in [0.717, 1.165) is 78.0 Å². The molecule has 0 saturated heterocycles. The second-order valence-corrected chi connectivity index (χ2v) is 19.0. The van der Waals surface area contributed by atoms with Gasteiger partial charge in [-0.15, -0.1) is 0 Å². The van der Waals surface area contributed by atoms with Gasteiger partial charge < -0.3 is 0 Å². The topological polar surface area (TPSA) is 25.8 Å². The number of fused-ring (bicyclic) bond motifs is 9. The number of benzene rings is 8. The average molecular weight is 833 g/mol. The maximum Gasteiger partial charge on any atom is 0.0794 e. The largest absolute Gasteiger partial charge is 0.248 e. The highest BCUT2D eigenvalue weighted by Gasteiger charge is 2.35. The third kappa shape index (κ3) is 6.15. The molecule has 2 nitrogen and oxygen atoms in total. The fourth-order valence-corrected chi connectivity index (χ4v) is 10.8. The molecule has 2 heterocycles. The molecular weight excluding hydrogens is 785 g/mol. The molecule has 2 aliphatic carbocycles. The van der Waals surface area contributed by atoms with Crippen molar-refractivity contribution >= 4 is 43.5 Å². The summed E-state index contributed by atoms with van der Waals surface area (Å²) in [4.78, 5) is 10.7. The number of hydrogen-bond donors (Lipinski definition) is 0. The van der Waals surface area contributed by atoms with Gasteiger partial charge in [-0.2, -0.15) is 0 Å². The van der Waals surface area contributed by atoms with Gasteiger partial charge in [-0.3, -0.25) is 0 Å². The van der Waals surface area contributed by atoms with Crippen molar-refractivity contribution in [3.8, 4) is 55.8 Å². The predicted octanol–water partition coefficient (Wildman–Crippen LogP) is 16.6. The molecular formula is C63H48N2. The van der Waals surface area contributed by atoms with E-state index in [1.807, 2.05) is 0 Å². The average Bonchev–Trinajstić information content (AvgIpc) is 3.59. The van der Waals surface area contributed by atoms with Crippen LogP contribution in [-0.4, -0.2) is 9.97 Å². The molecule has 0 amide bonds. The number of para-hydroxylation sites is 2. The highest BCUT2D eigenvalue weighted by molar-refractivity contribution is 6.16. The summed E-state index contributed by atoms with van der Waals surface area (Å²) in [5.41, 5.74) is 20.9. The van der Waals surface area contributed by atoms with Gasteiger partial charge >= 0.3 is 0 Å².